The number of carbonyl (C=O) groups is 1. The summed E-state index contributed by atoms with van der Waals surface area (Å²) in [7, 11) is -1.26. The minimum atomic E-state index is -2.97. The first-order valence-corrected chi connectivity index (χ1v) is 11.0. The molecule has 1 heterocycles. The molecule has 154 valence electrons. The monoisotopic (exact) mass is 502 g/mol. The number of carbonyl (C=O) groups excluding carboxylic acids is 1. The molecule has 1 fully saturated rings. The maximum absolute atomic E-state index is 11.9. The number of nitrogens with one attached hydrogen (secondary N) is 3. The van der Waals surface area contributed by atoms with Gasteiger partial charge in [-0.05, 0) is 25.7 Å². The zero-order valence-electron chi connectivity index (χ0n) is 16.4. The van der Waals surface area contributed by atoms with Crippen LogP contribution in [0.15, 0.2) is 4.99 Å². The number of amides is 1. The number of halogens is 1. The van der Waals surface area contributed by atoms with Gasteiger partial charge in [-0.15, -0.1) is 24.0 Å². The number of sulfone groups is 1. The molecular weight excluding hydrogens is 467 g/mol. The van der Waals surface area contributed by atoms with Crippen LogP contribution in [0.5, 0.6) is 0 Å². The van der Waals surface area contributed by atoms with Crippen molar-refractivity contribution in [3.63, 3.8) is 0 Å². The van der Waals surface area contributed by atoms with Gasteiger partial charge in [0.1, 0.15) is 0 Å². The molecule has 1 amide bonds. The Morgan fingerprint density at radius 1 is 1.23 bits per heavy atom. The quantitative estimate of drug-likeness (QED) is 0.253. The van der Waals surface area contributed by atoms with E-state index >= 15 is 0 Å². The highest BCUT2D eigenvalue weighted by Gasteiger charge is 2.28. The Morgan fingerprint density at radius 2 is 1.92 bits per heavy atom. The zero-order valence-corrected chi connectivity index (χ0v) is 19.5. The van der Waals surface area contributed by atoms with Gasteiger partial charge < -0.3 is 16.0 Å². The van der Waals surface area contributed by atoms with Crippen molar-refractivity contribution in [2.75, 3.05) is 25.1 Å². The summed E-state index contributed by atoms with van der Waals surface area (Å²) in [6.07, 6.45) is 4.28. The normalized spacial score (nSPS) is 20.3. The Bertz CT molecular complexity index is 552. The number of aliphatic imine (C=N–C) groups is 1. The summed E-state index contributed by atoms with van der Waals surface area (Å²) in [6.45, 7) is 7.04. The van der Waals surface area contributed by atoms with Crippen molar-refractivity contribution >= 4 is 45.7 Å². The first-order chi connectivity index (χ1) is 11.7. The summed E-state index contributed by atoms with van der Waals surface area (Å²) < 4.78 is 22.8. The van der Waals surface area contributed by atoms with E-state index in [1.165, 1.54) is 12.8 Å². The minimum Gasteiger partial charge on any atom is -0.356 e. The molecule has 7 nitrogen and oxygen atoms in total. The van der Waals surface area contributed by atoms with Crippen LogP contribution in [-0.2, 0) is 14.6 Å². The molecule has 0 aromatic carbocycles. The third-order valence-electron chi connectivity index (χ3n) is 4.27. The summed E-state index contributed by atoms with van der Waals surface area (Å²) >= 11 is 0. The first-order valence-electron chi connectivity index (χ1n) is 9.19. The molecule has 0 aliphatic carbocycles. The Labute approximate surface area is 175 Å². The summed E-state index contributed by atoms with van der Waals surface area (Å²) in [4.78, 5) is 16.1. The highest BCUT2D eigenvalue weighted by Crippen LogP contribution is 2.11. The van der Waals surface area contributed by atoms with Crippen LogP contribution >= 0.6 is 24.0 Å². The number of nitrogens with zero attached hydrogens (tertiary/aromatic N) is 1. The second kappa shape index (κ2) is 12.7. The molecule has 2 atom stereocenters. The first kappa shape index (κ1) is 25.4. The molecule has 1 aliphatic rings. The van der Waals surface area contributed by atoms with Crippen molar-refractivity contribution in [3.8, 4) is 0 Å². The maximum atomic E-state index is 11.9. The van der Waals surface area contributed by atoms with Crippen molar-refractivity contribution in [1.29, 1.82) is 0 Å². The molecule has 0 aromatic heterocycles. The number of guanidine groups is 1. The lowest BCUT2D eigenvalue weighted by Crippen LogP contribution is -2.44. The Morgan fingerprint density at radius 3 is 2.46 bits per heavy atom. The molecule has 2 unspecified atom stereocenters. The van der Waals surface area contributed by atoms with E-state index in [0.717, 1.165) is 12.3 Å². The van der Waals surface area contributed by atoms with Crippen LogP contribution < -0.4 is 16.0 Å². The van der Waals surface area contributed by atoms with Gasteiger partial charge >= 0.3 is 0 Å². The van der Waals surface area contributed by atoms with Crippen LogP contribution in [0.3, 0.4) is 0 Å². The van der Waals surface area contributed by atoms with Gasteiger partial charge in [0, 0.05) is 32.1 Å². The van der Waals surface area contributed by atoms with Gasteiger partial charge in [0.2, 0.25) is 5.91 Å². The van der Waals surface area contributed by atoms with E-state index in [2.05, 4.69) is 41.7 Å². The standard InChI is InChI=1S/C17H34N4O3S.HI/c1-13(2)6-5-7-14(3)20-17(18-4)19-10-8-16(22)21-15-9-11-25(23,24)12-15;/h13-15H,5-12H2,1-4H3,(H,21,22)(H2,18,19,20);1H. The molecule has 0 aromatic rings. The molecule has 9 heteroatoms. The highest BCUT2D eigenvalue weighted by molar-refractivity contribution is 14.0. The predicted molar refractivity (Wildman–Crippen MR) is 118 cm³/mol. The molecule has 1 aliphatic heterocycles. The fraction of sp³-hybridized carbons (Fsp3) is 0.882. The van der Waals surface area contributed by atoms with Crippen molar-refractivity contribution in [2.45, 2.75) is 65.0 Å². The second-order valence-electron chi connectivity index (χ2n) is 7.29. The molecular formula is C17H35IN4O3S. The highest BCUT2D eigenvalue weighted by atomic mass is 127. The van der Waals surface area contributed by atoms with Gasteiger partial charge in [0.25, 0.3) is 0 Å². The van der Waals surface area contributed by atoms with Crippen molar-refractivity contribution in [1.82, 2.24) is 16.0 Å². The van der Waals surface area contributed by atoms with Gasteiger partial charge in [0.15, 0.2) is 15.8 Å². The molecule has 0 spiro atoms. The van der Waals surface area contributed by atoms with E-state index in [9.17, 15) is 13.2 Å². The summed E-state index contributed by atoms with van der Waals surface area (Å²) in [5, 5.41) is 9.24. The SMILES string of the molecule is CN=C(NCCC(=O)NC1CCS(=O)(=O)C1)NC(C)CCCC(C)C.I. The molecule has 1 saturated heterocycles. The zero-order chi connectivity index (χ0) is 18.9. The minimum absolute atomic E-state index is 0. The lowest BCUT2D eigenvalue weighted by atomic mass is 10.0. The summed E-state index contributed by atoms with van der Waals surface area (Å²) in [6, 6.07) is 0.0818. The van der Waals surface area contributed by atoms with Crippen LogP contribution in [0.2, 0.25) is 0 Å². The number of rotatable bonds is 9. The Hall–Kier alpha value is -0.580. The smallest absolute Gasteiger partial charge is 0.222 e. The molecule has 0 saturated carbocycles. The number of hydrogen-bond donors (Lipinski definition) is 3. The van der Waals surface area contributed by atoms with E-state index in [0.29, 0.717) is 31.4 Å². The average Bonchev–Trinajstić information content (AvgIpc) is 2.84. The topological polar surface area (TPSA) is 99.7 Å². The van der Waals surface area contributed by atoms with Crippen LogP contribution in [0.1, 0.15) is 52.9 Å². The van der Waals surface area contributed by atoms with E-state index in [-0.39, 0.29) is 47.4 Å². The summed E-state index contributed by atoms with van der Waals surface area (Å²) in [5.74, 6) is 1.51. The van der Waals surface area contributed by atoms with Crippen LogP contribution in [0.25, 0.3) is 0 Å². The van der Waals surface area contributed by atoms with Crippen molar-refractivity contribution in [3.05, 3.63) is 0 Å². The van der Waals surface area contributed by atoms with Crippen molar-refractivity contribution in [2.24, 2.45) is 10.9 Å². The van der Waals surface area contributed by atoms with E-state index in [4.69, 9.17) is 0 Å². The Balaban J connectivity index is 0.00000625. The third kappa shape index (κ3) is 11.2. The fourth-order valence-electron chi connectivity index (χ4n) is 2.84. The third-order valence-corrected chi connectivity index (χ3v) is 6.04. The number of hydrogen-bond acceptors (Lipinski definition) is 4. The predicted octanol–water partition coefficient (Wildman–Crippen LogP) is 1.68. The van der Waals surface area contributed by atoms with Crippen LogP contribution in [-0.4, -0.2) is 57.5 Å². The summed E-state index contributed by atoms with van der Waals surface area (Å²) in [5.41, 5.74) is 0. The van der Waals surface area contributed by atoms with E-state index < -0.39 is 9.84 Å². The fourth-order valence-corrected chi connectivity index (χ4v) is 4.51. The van der Waals surface area contributed by atoms with Gasteiger partial charge in [-0.2, -0.15) is 0 Å². The molecule has 26 heavy (non-hydrogen) atoms. The molecule has 3 N–H and O–H groups in total. The lowest BCUT2D eigenvalue weighted by Gasteiger charge is -2.18. The largest absolute Gasteiger partial charge is 0.356 e. The maximum Gasteiger partial charge on any atom is 0.222 e. The van der Waals surface area contributed by atoms with Crippen LogP contribution in [0.4, 0.5) is 0 Å². The molecule has 1 rings (SSSR count). The lowest BCUT2D eigenvalue weighted by molar-refractivity contribution is -0.121. The van der Waals surface area contributed by atoms with Crippen LogP contribution in [0, 0.1) is 5.92 Å². The van der Waals surface area contributed by atoms with Gasteiger partial charge in [-0.3, -0.25) is 9.79 Å². The Kier molecular flexibility index (Phi) is 12.5. The second-order valence-corrected chi connectivity index (χ2v) is 9.52. The van der Waals surface area contributed by atoms with E-state index in [1.54, 1.807) is 7.05 Å². The average molecular weight is 502 g/mol. The van der Waals surface area contributed by atoms with Gasteiger partial charge in [0.05, 0.1) is 11.5 Å². The van der Waals surface area contributed by atoms with Crippen molar-refractivity contribution < 1.29 is 13.2 Å². The van der Waals surface area contributed by atoms with Gasteiger partial charge in [-0.1, -0.05) is 26.7 Å². The van der Waals surface area contributed by atoms with E-state index in [1.807, 2.05) is 0 Å². The molecule has 0 bridgehead atoms. The molecule has 0 radical (unpaired) electrons. The van der Waals surface area contributed by atoms with Gasteiger partial charge in [-0.25, -0.2) is 8.42 Å².